The van der Waals surface area contributed by atoms with Crippen LogP contribution in [-0.2, 0) is 9.59 Å². The highest BCUT2D eigenvalue weighted by atomic mass is 35.5. The molecule has 3 N–H and O–H groups in total. The van der Waals surface area contributed by atoms with Gasteiger partial charge in [0.2, 0.25) is 0 Å². The molecule has 0 unspecified atom stereocenters. The Balaban J connectivity index is 1.31. The van der Waals surface area contributed by atoms with Crippen LogP contribution in [0.25, 0.3) is 0 Å². The molecule has 1 aromatic heterocycles. The number of rotatable bonds is 8. The molecule has 0 atom stereocenters. The van der Waals surface area contributed by atoms with Crippen LogP contribution < -0.4 is 20.9 Å². The van der Waals surface area contributed by atoms with Gasteiger partial charge in [-0.1, -0.05) is 11.6 Å². The third-order valence-electron chi connectivity index (χ3n) is 7.07. The minimum atomic E-state index is -0.787. The summed E-state index contributed by atoms with van der Waals surface area (Å²) in [5.74, 6) is -1.15. The van der Waals surface area contributed by atoms with Gasteiger partial charge < -0.3 is 25.8 Å². The van der Waals surface area contributed by atoms with Gasteiger partial charge in [0.15, 0.2) is 5.70 Å². The molecule has 204 valence electrons. The summed E-state index contributed by atoms with van der Waals surface area (Å²) in [6.45, 7) is 5.50. The normalized spacial score (nSPS) is 18.2. The number of benzene rings is 1. The first kappa shape index (κ1) is 26.6. The lowest BCUT2D eigenvalue weighted by Gasteiger charge is -2.36. The molecular weight excluding hydrogens is 520 g/mol. The molecule has 0 bridgehead atoms. The van der Waals surface area contributed by atoms with Crippen molar-refractivity contribution in [2.75, 3.05) is 60.9 Å². The van der Waals surface area contributed by atoms with E-state index in [-0.39, 0.29) is 29.8 Å². The van der Waals surface area contributed by atoms with Crippen molar-refractivity contribution in [2.24, 2.45) is 10.7 Å². The number of likely N-dealkylation sites (tertiary alicyclic amines) is 1. The number of pyridine rings is 1. The number of hydrogen-bond donors (Lipinski definition) is 2. The molecule has 3 aliphatic rings. The number of carbonyl (C=O) groups excluding carboxylic acids is 3. The molecule has 3 aliphatic heterocycles. The van der Waals surface area contributed by atoms with E-state index in [1.165, 1.54) is 25.3 Å². The van der Waals surface area contributed by atoms with E-state index in [1.807, 2.05) is 29.2 Å². The minimum absolute atomic E-state index is 0.00536. The molecule has 0 saturated carbocycles. The van der Waals surface area contributed by atoms with E-state index in [4.69, 9.17) is 17.3 Å². The first-order valence-electron chi connectivity index (χ1n) is 13.1. The van der Waals surface area contributed by atoms with Gasteiger partial charge in [0.1, 0.15) is 11.5 Å². The smallest absolute Gasteiger partial charge is 0.324 e. The molecule has 4 heterocycles. The zero-order valence-corrected chi connectivity index (χ0v) is 22.3. The number of anilines is 3. The van der Waals surface area contributed by atoms with Crippen LogP contribution in [0.2, 0.25) is 5.02 Å². The Labute approximate surface area is 231 Å². The molecule has 5 rings (SSSR count). The van der Waals surface area contributed by atoms with Crippen LogP contribution in [0.3, 0.4) is 0 Å². The quantitative estimate of drug-likeness (QED) is 0.520. The number of nitrogens with one attached hydrogen (secondary N) is 1. The molecule has 2 fully saturated rings. The Morgan fingerprint density at radius 2 is 1.64 bits per heavy atom. The van der Waals surface area contributed by atoms with Crippen molar-refractivity contribution in [3.05, 3.63) is 59.0 Å². The van der Waals surface area contributed by atoms with Crippen LogP contribution in [0.15, 0.2) is 59.0 Å². The van der Waals surface area contributed by atoms with E-state index in [1.54, 1.807) is 21.9 Å². The number of aliphatic imine (C=N–C) groups is 1. The summed E-state index contributed by atoms with van der Waals surface area (Å²) in [5, 5.41) is 3.05. The molecule has 0 radical (unpaired) electrons. The van der Waals surface area contributed by atoms with Gasteiger partial charge in [-0.05, 0) is 68.8 Å². The molecule has 1 aromatic carbocycles. The second-order valence-corrected chi connectivity index (χ2v) is 10.1. The van der Waals surface area contributed by atoms with Crippen molar-refractivity contribution in [1.82, 2.24) is 14.8 Å². The summed E-state index contributed by atoms with van der Waals surface area (Å²) >= 11 is 5.86. The Morgan fingerprint density at radius 1 is 0.923 bits per heavy atom. The fourth-order valence-electron chi connectivity index (χ4n) is 5.08. The highest BCUT2D eigenvalue weighted by molar-refractivity contribution is 6.30. The predicted octanol–water partition coefficient (Wildman–Crippen LogP) is 2.69. The summed E-state index contributed by atoms with van der Waals surface area (Å²) in [5.41, 5.74) is 6.98. The lowest BCUT2D eigenvalue weighted by Crippen LogP contribution is -2.51. The second-order valence-electron chi connectivity index (χ2n) is 9.64. The number of nitrogens with zero attached hydrogens (tertiary/aromatic N) is 6. The third-order valence-corrected chi connectivity index (χ3v) is 7.29. The maximum Gasteiger partial charge on any atom is 0.324 e. The van der Waals surface area contributed by atoms with Crippen LogP contribution in [0.4, 0.5) is 22.0 Å². The fourth-order valence-corrected chi connectivity index (χ4v) is 5.19. The van der Waals surface area contributed by atoms with E-state index in [0.717, 1.165) is 44.8 Å². The number of carbonyl (C=O) groups is 3. The van der Waals surface area contributed by atoms with Crippen molar-refractivity contribution in [3.63, 3.8) is 0 Å². The number of hydrogen-bond acceptors (Lipinski definition) is 7. The van der Waals surface area contributed by atoms with Crippen molar-refractivity contribution in [2.45, 2.75) is 19.3 Å². The third kappa shape index (κ3) is 6.04. The maximum absolute atomic E-state index is 13.2. The van der Waals surface area contributed by atoms with Gasteiger partial charge >= 0.3 is 6.03 Å². The average molecular weight is 551 g/mol. The van der Waals surface area contributed by atoms with Gasteiger partial charge in [-0.15, -0.1) is 0 Å². The standard InChI is InChI=1S/C27H31ClN8O3/c28-19-4-9-22(31-18-19)32-26(38)23-24(25(29)37)35(15-10-30-23)20-5-7-21(8-6-20)36-14-3-13-34(27(36)39)17-16-33-11-1-2-12-33/h4-10,18H,1-3,11-17H2,(H2,29,37)(H,31,32,38). The number of amides is 4. The Bertz CT molecular complexity index is 1290. The van der Waals surface area contributed by atoms with E-state index in [0.29, 0.717) is 17.3 Å². The summed E-state index contributed by atoms with van der Waals surface area (Å²) in [4.78, 5) is 54.6. The van der Waals surface area contributed by atoms with Crippen LogP contribution in [0.5, 0.6) is 0 Å². The van der Waals surface area contributed by atoms with E-state index < -0.39 is 11.8 Å². The van der Waals surface area contributed by atoms with Crippen LogP contribution in [0, 0.1) is 0 Å². The van der Waals surface area contributed by atoms with Gasteiger partial charge in [0.25, 0.3) is 11.8 Å². The van der Waals surface area contributed by atoms with Gasteiger partial charge in [-0.3, -0.25) is 19.5 Å². The number of aromatic nitrogens is 1. The van der Waals surface area contributed by atoms with Gasteiger partial charge in [0, 0.05) is 50.0 Å². The molecular formula is C27H31ClN8O3. The van der Waals surface area contributed by atoms with Gasteiger partial charge in [-0.2, -0.15) is 0 Å². The molecule has 12 heteroatoms. The van der Waals surface area contributed by atoms with Crippen molar-refractivity contribution in [1.29, 1.82) is 0 Å². The predicted molar refractivity (Wildman–Crippen MR) is 151 cm³/mol. The number of halogens is 1. The summed E-state index contributed by atoms with van der Waals surface area (Å²) < 4.78 is 0. The van der Waals surface area contributed by atoms with Gasteiger partial charge in [-0.25, -0.2) is 9.78 Å². The zero-order chi connectivity index (χ0) is 27.4. The largest absolute Gasteiger partial charge is 0.364 e. The summed E-state index contributed by atoms with van der Waals surface area (Å²) in [6, 6.07) is 10.5. The molecule has 39 heavy (non-hydrogen) atoms. The van der Waals surface area contributed by atoms with Crippen LogP contribution in [-0.4, -0.2) is 84.7 Å². The zero-order valence-electron chi connectivity index (χ0n) is 21.6. The molecule has 2 saturated heterocycles. The average Bonchev–Trinajstić information content (AvgIpc) is 3.47. The Hall–Kier alpha value is -3.96. The molecule has 4 amide bonds. The summed E-state index contributed by atoms with van der Waals surface area (Å²) in [6.07, 6.45) is 6.29. The van der Waals surface area contributed by atoms with E-state index in [2.05, 4.69) is 20.2 Å². The molecule has 2 aromatic rings. The summed E-state index contributed by atoms with van der Waals surface area (Å²) in [7, 11) is 0. The van der Waals surface area contributed by atoms with Crippen molar-refractivity contribution < 1.29 is 14.4 Å². The SMILES string of the molecule is NC(=O)C1=C(C(=O)Nc2ccc(Cl)cn2)N=CCN1c1ccc(N2CCCN(CCN3CCCC3)C2=O)cc1. The van der Waals surface area contributed by atoms with Crippen LogP contribution >= 0.6 is 11.6 Å². The fraction of sp³-hybridized carbons (Fsp3) is 0.370. The van der Waals surface area contributed by atoms with Crippen molar-refractivity contribution in [3.8, 4) is 0 Å². The monoisotopic (exact) mass is 550 g/mol. The van der Waals surface area contributed by atoms with Crippen LogP contribution in [0.1, 0.15) is 19.3 Å². The number of nitrogens with two attached hydrogens (primary N) is 1. The molecule has 11 nitrogen and oxygen atoms in total. The number of primary amides is 1. The topological polar surface area (TPSA) is 127 Å². The van der Waals surface area contributed by atoms with Gasteiger partial charge in [0.05, 0.1) is 11.6 Å². The van der Waals surface area contributed by atoms with E-state index in [9.17, 15) is 14.4 Å². The maximum atomic E-state index is 13.2. The highest BCUT2D eigenvalue weighted by Crippen LogP contribution is 2.28. The second kappa shape index (κ2) is 11.8. The first-order chi connectivity index (χ1) is 18.9. The highest BCUT2D eigenvalue weighted by Gasteiger charge is 2.30. The first-order valence-corrected chi connectivity index (χ1v) is 13.4. The molecule has 0 aliphatic carbocycles. The van der Waals surface area contributed by atoms with Crippen molar-refractivity contribution >= 4 is 52.9 Å². The lowest BCUT2D eigenvalue weighted by molar-refractivity contribution is -0.116. The lowest BCUT2D eigenvalue weighted by atomic mass is 10.1. The Morgan fingerprint density at radius 3 is 2.31 bits per heavy atom. The minimum Gasteiger partial charge on any atom is -0.364 e. The molecule has 0 spiro atoms. The van der Waals surface area contributed by atoms with E-state index >= 15 is 0 Å². The Kier molecular flexibility index (Phi) is 8.08. The number of urea groups is 1.